The topological polar surface area (TPSA) is 77.8 Å². The average Bonchev–Trinajstić information content (AvgIpc) is 2.86. The van der Waals surface area contributed by atoms with E-state index in [0.29, 0.717) is 13.0 Å². The zero-order chi connectivity index (χ0) is 13.7. The second-order valence-electron chi connectivity index (χ2n) is 4.44. The highest BCUT2D eigenvalue weighted by atomic mass is 32.1. The summed E-state index contributed by atoms with van der Waals surface area (Å²) in [7, 11) is 0. The normalized spacial score (nSPS) is 12.6. The van der Waals surface area contributed by atoms with Gasteiger partial charge in [0.1, 0.15) is 16.6 Å². The van der Waals surface area contributed by atoms with Crippen molar-refractivity contribution in [2.75, 3.05) is 6.54 Å². The van der Waals surface area contributed by atoms with Crippen molar-refractivity contribution in [1.82, 2.24) is 9.36 Å². The highest BCUT2D eigenvalue weighted by Crippen LogP contribution is 2.12. The first-order valence-corrected chi connectivity index (χ1v) is 6.96. The smallest absolute Gasteiger partial charge is 0.146 e. The predicted molar refractivity (Wildman–Crippen MR) is 74.5 cm³/mol. The lowest BCUT2D eigenvalue weighted by atomic mass is 10.1. The number of nitrogens with two attached hydrogens (primary N) is 2. The maximum atomic E-state index is 12.8. The van der Waals surface area contributed by atoms with Crippen LogP contribution in [0.15, 0.2) is 24.3 Å². The SMILES string of the molecule is NCC(N)CCc1nc(Cc2ccc(F)cc2)ns1. The van der Waals surface area contributed by atoms with Crippen LogP contribution in [0.1, 0.15) is 22.8 Å². The summed E-state index contributed by atoms with van der Waals surface area (Å²) in [6, 6.07) is 6.41. The van der Waals surface area contributed by atoms with E-state index in [0.717, 1.165) is 29.2 Å². The highest BCUT2D eigenvalue weighted by Gasteiger charge is 2.07. The minimum absolute atomic E-state index is 0.0180. The van der Waals surface area contributed by atoms with Gasteiger partial charge in [0, 0.05) is 25.4 Å². The van der Waals surface area contributed by atoms with Gasteiger partial charge in [-0.05, 0) is 35.6 Å². The van der Waals surface area contributed by atoms with Crippen LogP contribution in [0.3, 0.4) is 0 Å². The number of hydrogen-bond acceptors (Lipinski definition) is 5. The summed E-state index contributed by atoms with van der Waals surface area (Å²) in [5.41, 5.74) is 12.2. The van der Waals surface area contributed by atoms with Crippen molar-refractivity contribution in [3.8, 4) is 0 Å². The van der Waals surface area contributed by atoms with Crippen LogP contribution in [0.2, 0.25) is 0 Å². The average molecular weight is 280 g/mol. The molecule has 0 bridgehead atoms. The van der Waals surface area contributed by atoms with E-state index in [4.69, 9.17) is 11.5 Å². The van der Waals surface area contributed by atoms with E-state index in [1.807, 2.05) is 0 Å². The number of nitrogens with zero attached hydrogens (tertiary/aromatic N) is 2. The minimum Gasteiger partial charge on any atom is -0.329 e. The summed E-state index contributed by atoms with van der Waals surface area (Å²) in [4.78, 5) is 4.45. The number of aryl methyl sites for hydroxylation is 1. The summed E-state index contributed by atoms with van der Waals surface area (Å²) in [6.07, 6.45) is 2.25. The molecule has 0 amide bonds. The van der Waals surface area contributed by atoms with Crippen molar-refractivity contribution in [3.05, 3.63) is 46.5 Å². The van der Waals surface area contributed by atoms with E-state index in [-0.39, 0.29) is 11.9 Å². The van der Waals surface area contributed by atoms with Crippen molar-refractivity contribution in [3.63, 3.8) is 0 Å². The van der Waals surface area contributed by atoms with Crippen molar-refractivity contribution in [2.45, 2.75) is 25.3 Å². The zero-order valence-corrected chi connectivity index (χ0v) is 11.4. The summed E-state index contributed by atoms with van der Waals surface area (Å²) >= 11 is 1.39. The molecule has 0 fully saturated rings. The third-order valence-corrected chi connectivity index (χ3v) is 3.63. The third kappa shape index (κ3) is 4.34. The van der Waals surface area contributed by atoms with Gasteiger partial charge in [0.15, 0.2) is 0 Å². The molecule has 2 rings (SSSR count). The second-order valence-corrected chi connectivity index (χ2v) is 5.28. The molecular formula is C13H17FN4S. The van der Waals surface area contributed by atoms with Gasteiger partial charge in [-0.2, -0.15) is 4.37 Å². The van der Waals surface area contributed by atoms with Crippen LogP contribution in [0.25, 0.3) is 0 Å². The highest BCUT2D eigenvalue weighted by molar-refractivity contribution is 7.05. The predicted octanol–water partition coefficient (Wildman–Crippen LogP) is 1.49. The standard InChI is InChI=1S/C13H17FN4S/c14-10-3-1-9(2-4-10)7-12-17-13(19-18-12)6-5-11(16)8-15/h1-4,11H,5-8,15-16H2. The van der Waals surface area contributed by atoms with E-state index in [1.54, 1.807) is 12.1 Å². The van der Waals surface area contributed by atoms with E-state index in [2.05, 4.69) is 9.36 Å². The molecule has 19 heavy (non-hydrogen) atoms. The lowest BCUT2D eigenvalue weighted by molar-refractivity contribution is 0.621. The Balaban J connectivity index is 1.91. The van der Waals surface area contributed by atoms with Gasteiger partial charge in [-0.15, -0.1) is 0 Å². The first-order chi connectivity index (χ1) is 9.17. The Morgan fingerprint density at radius 2 is 2.00 bits per heavy atom. The lowest BCUT2D eigenvalue weighted by Gasteiger charge is -2.05. The maximum absolute atomic E-state index is 12.8. The van der Waals surface area contributed by atoms with Gasteiger partial charge < -0.3 is 11.5 Å². The molecule has 0 aliphatic rings. The number of hydrogen-bond donors (Lipinski definition) is 2. The van der Waals surface area contributed by atoms with Crippen molar-refractivity contribution in [1.29, 1.82) is 0 Å². The van der Waals surface area contributed by atoms with Crippen LogP contribution < -0.4 is 11.5 Å². The Labute approximate surface area is 115 Å². The number of rotatable bonds is 6. The number of halogens is 1. The maximum Gasteiger partial charge on any atom is 0.146 e. The molecule has 1 aromatic heterocycles. The molecule has 1 aromatic carbocycles. The molecule has 2 aromatic rings. The molecule has 0 radical (unpaired) electrons. The molecule has 1 heterocycles. The fourth-order valence-corrected chi connectivity index (χ4v) is 2.35. The van der Waals surface area contributed by atoms with E-state index in [1.165, 1.54) is 23.7 Å². The fourth-order valence-electron chi connectivity index (χ4n) is 1.68. The molecule has 6 heteroatoms. The summed E-state index contributed by atoms with van der Waals surface area (Å²) in [5, 5.41) is 0.973. The van der Waals surface area contributed by atoms with Crippen LogP contribution in [0, 0.1) is 5.82 Å². The monoisotopic (exact) mass is 280 g/mol. The van der Waals surface area contributed by atoms with E-state index < -0.39 is 0 Å². The molecule has 4 nitrogen and oxygen atoms in total. The van der Waals surface area contributed by atoms with Gasteiger partial charge >= 0.3 is 0 Å². The summed E-state index contributed by atoms with van der Waals surface area (Å²) in [5.74, 6) is 0.541. The lowest BCUT2D eigenvalue weighted by Crippen LogP contribution is -2.29. The fraction of sp³-hybridized carbons (Fsp3) is 0.385. The Morgan fingerprint density at radius 3 is 2.68 bits per heavy atom. The summed E-state index contributed by atoms with van der Waals surface area (Å²) < 4.78 is 17.1. The van der Waals surface area contributed by atoms with Gasteiger partial charge in [-0.1, -0.05) is 12.1 Å². The Hall–Kier alpha value is -1.37. The van der Waals surface area contributed by atoms with Gasteiger partial charge in [0.25, 0.3) is 0 Å². The van der Waals surface area contributed by atoms with Crippen LogP contribution in [0.4, 0.5) is 4.39 Å². The van der Waals surface area contributed by atoms with Crippen LogP contribution in [-0.2, 0) is 12.8 Å². The van der Waals surface area contributed by atoms with Crippen LogP contribution in [0.5, 0.6) is 0 Å². The molecule has 0 aliphatic heterocycles. The van der Waals surface area contributed by atoms with E-state index in [9.17, 15) is 4.39 Å². The van der Waals surface area contributed by atoms with Crippen LogP contribution >= 0.6 is 11.5 Å². The molecule has 0 saturated carbocycles. The molecule has 1 unspecified atom stereocenters. The molecule has 0 aliphatic carbocycles. The first kappa shape index (κ1) is 14.0. The minimum atomic E-state index is -0.230. The molecule has 102 valence electrons. The Morgan fingerprint density at radius 1 is 1.26 bits per heavy atom. The molecule has 0 spiro atoms. The van der Waals surface area contributed by atoms with Gasteiger partial charge in [0.05, 0.1) is 0 Å². The molecular weight excluding hydrogens is 263 g/mol. The molecule has 0 saturated heterocycles. The molecule has 1 atom stereocenters. The van der Waals surface area contributed by atoms with E-state index >= 15 is 0 Å². The largest absolute Gasteiger partial charge is 0.329 e. The first-order valence-electron chi connectivity index (χ1n) is 6.19. The molecule has 4 N–H and O–H groups in total. The van der Waals surface area contributed by atoms with Crippen molar-refractivity contribution >= 4 is 11.5 Å². The van der Waals surface area contributed by atoms with Gasteiger partial charge in [-0.3, -0.25) is 0 Å². The third-order valence-electron chi connectivity index (χ3n) is 2.82. The van der Waals surface area contributed by atoms with Gasteiger partial charge in [-0.25, -0.2) is 9.37 Å². The van der Waals surface area contributed by atoms with Crippen molar-refractivity contribution < 1.29 is 4.39 Å². The zero-order valence-electron chi connectivity index (χ0n) is 10.6. The van der Waals surface area contributed by atoms with Crippen LogP contribution in [-0.4, -0.2) is 21.9 Å². The van der Waals surface area contributed by atoms with Crippen molar-refractivity contribution in [2.24, 2.45) is 11.5 Å². The number of benzene rings is 1. The Bertz CT molecular complexity index is 512. The van der Waals surface area contributed by atoms with Gasteiger partial charge in [0.2, 0.25) is 0 Å². The Kier molecular flexibility index (Phi) is 4.95. The quantitative estimate of drug-likeness (QED) is 0.840. The number of aromatic nitrogens is 2. The second kappa shape index (κ2) is 6.70. The summed E-state index contributed by atoms with van der Waals surface area (Å²) in [6.45, 7) is 0.487.